The zero-order valence-corrected chi connectivity index (χ0v) is 20.5. The maximum atomic E-state index is 6.09. The number of nitrogens with one attached hydrogen (secondary N) is 3. The van der Waals surface area contributed by atoms with Crippen molar-refractivity contribution in [2.75, 3.05) is 68.0 Å². The quantitative estimate of drug-likeness (QED) is 0.371. The van der Waals surface area contributed by atoms with E-state index in [9.17, 15) is 0 Å². The topological polar surface area (TPSA) is 99.8 Å². The molecule has 1 fully saturated rings. The van der Waals surface area contributed by atoms with E-state index in [-0.39, 0.29) is 6.04 Å². The number of aromatic amines is 1. The number of fused-ring (bicyclic) bond motifs is 4. The molecular weight excluding hydrogens is 458 g/mol. The summed E-state index contributed by atoms with van der Waals surface area (Å²) in [5.74, 6) is 2.62. The molecule has 3 N–H and O–H groups in total. The van der Waals surface area contributed by atoms with Crippen LogP contribution in [0.2, 0.25) is 0 Å². The number of hydrogen-bond acceptors (Lipinski definition) is 9. The van der Waals surface area contributed by atoms with Gasteiger partial charge in [0.25, 0.3) is 0 Å². The molecule has 0 spiro atoms. The van der Waals surface area contributed by atoms with Gasteiger partial charge in [-0.2, -0.15) is 9.97 Å². The Kier molecular flexibility index (Phi) is 5.65. The summed E-state index contributed by atoms with van der Waals surface area (Å²) >= 11 is 0. The van der Waals surface area contributed by atoms with E-state index in [2.05, 4.69) is 31.5 Å². The summed E-state index contributed by atoms with van der Waals surface area (Å²) < 4.78 is 17.5. The predicted molar refractivity (Wildman–Crippen MR) is 142 cm³/mol. The van der Waals surface area contributed by atoms with Gasteiger partial charge in [-0.3, -0.25) is 0 Å². The number of H-pyrrole nitrogens is 1. The highest BCUT2D eigenvalue weighted by molar-refractivity contribution is 5.92. The van der Waals surface area contributed by atoms with Crippen LogP contribution in [-0.4, -0.2) is 68.6 Å². The summed E-state index contributed by atoms with van der Waals surface area (Å²) in [6.07, 6.45) is 1.86. The maximum Gasteiger partial charge on any atom is 0.231 e. The lowest BCUT2D eigenvalue weighted by Crippen LogP contribution is -2.51. The lowest BCUT2D eigenvalue weighted by atomic mass is 10.1. The molecule has 0 bridgehead atoms. The molecule has 2 aromatic carbocycles. The second-order valence-electron chi connectivity index (χ2n) is 9.05. The van der Waals surface area contributed by atoms with E-state index in [4.69, 9.17) is 24.2 Å². The smallest absolute Gasteiger partial charge is 0.231 e. The van der Waals surface area contributed by atoms with Crippen LogP contribution in [0.1, 0.15) is 0 Å². The van der Waals surface area contributed by atoms with Crippen LogP contribution in [0.25, 0.3) is 11.0 Å². The van der Waals surface area contributed by atoms with E-state index < -0.39 is 0 Å². The molecule has 0 radical (unpaired) electrons. The van der Waals surface area contributed by atoms with E-state index in [0.29, 0.717) is 37.3 Å². The number of aromatic nitrogens is 3. The molecule has 2 aliphatic rings. The van der Waals surface area contributed by atoms with Crippen molar-refractivity contribution in [1.82, 2.24) is 15.0 Å². The first-order chi connectivity index (χ1) is 17.6. The summed E-state index contributed by atoms with van der Waals surface area (Å²) in [7, 11) is 5.69. The van der Waals surface area contributed by atoms with Gasteiger partial charge in [-0.05, 0) is 18.2 Å². The molecule has 1 saturated heterocycles. The van der Waals surface area contributed by atoms with Gasteiger partial charge in [0.1, 0.15) is 29.6 Å². The Morgan fingerprint density at radius 1 is 1.08 bits per heavy atom. The van der Waals surface area contributed by atoms with Crippen LogP contribution < -0.4 is 29.9 Å². The molecule has 36 heavy (non-hydrogen) atoms. The average Bonchev–Trinajstić information content (AvgIpc) is 3.37. The fourth-order valence-corrected chi connectivity index (χ4v) is 4.76. The monoisotopic (exact) mass is 487 g/mol. The predicted octanol–water partition coefficient (Wildman–Crippen LogP) is 4.12. The molecule has 4 heterocycles. The highest BCUT2D eigenvalue weighted by atomic mass is 16.5. The molecule has 6 rings (SSSR count). The first-order valence-electron chi connectivity index (χ1n) is 12.0. The van der Waals surface area contributed by atoms with Crippen LogP contribution in [0.4, 0.5) is 34.5 Å². The summed E-state index contributed by atoms with van der Waals surface area (Å²) in [6, 6.07) is 14.3. The summed E-state index contributed by atoms with van der Waals surface area (Å²) in [5.41, 5.74) is 4.48. The van der Waals surface area contributed by atoms with Crippen LogP contribution in [0.15, 0.2) is 48.7 Å². The molecule has 10 heteroatoms. The van der Waals surface area contributed by atoms with E-state index in [1.807, 2.05) is 56.7 Å². The largest absolute Gasteiger partial charge is 0.494 e. The Balaban J connectivity index is 1.36. The molecule has 4 aromatic rings. The standard InChI is InChI=1S/C26H29N7O3/c1-32(2)20-7-5-4-6-18(20)28-25-17-8-9-27-24(17)30-26(31-25)29-19-12-23-21(13-22(19)34-3)33-10-11-35-14-16(33)15-36-23/h4-9,12-13,16H,10-11,14-15H2,1-3H3,(H3,27,28,29,30,31)/t16-/m1/s1. The summed E-state index contributed by atoms with van der Waals surface area (Å²) in [5, 5.41) is 7.74. The third-order valence-electron chi connectivity index (χ3n) is 6.55. The number of nitrogens with zero attached hydrogens (tertiary/aromatic N) is 4. The van der Waals surface area contributed by atoms with Crippen molar-refractivity contribution in [1.29, 1.82) is 0 Å². The SMILES string of the molecule is COc1cc2c(cc1Nc1nc(Nc3ccccc3N(C)C)c3cc[nH]c3n1)OC[C@H]1COCCN21. The molecule has 0 amide bonds. The van der Waals surface area contributed by atoms with Gasteiger partial charge in [0, 0.05) is 39.0 Å². The fraction of sp³-hybridized carbons (Fsp3) is 0.308. The molecule has 2 aromatic heterocycles. The number of benzene rings is 2. The van der Waals surface area contributed by atoms with Gasteiger partial charge >= 0.3 is 0 Å². The number of anilines is 6. The zero-order chi connectivity index (χ0) is 24.6. The van der Waals surface area contributed by atoms with Crippen LogP contribution in [0.5, 0.6) is 11.5 Å². The zero-order valence-electron chi connectivity index (χ0n) is 20.5. The Hall–Kier alpha value is -4.18. The van der Waals surface area contributed by atoms with Crippen molar-refractivity contribution in [3.05, 3.63) is 48.7 Å². The minimum Gasteiger partial charge on any atom is -0.494 e. The summed E-state index contributed by atoms with van der Waals surface area (Å²) in [6.45, 7) is 2.78. The second-order valence-corrected chi connectivity index (χ2v) is 9.05. The third kappa shape index (κ3) is 3.99. The minimum atomic E-state index is 0.215. The van der Waals surface area contributed by atoms with E-state index in [1.54, 1.807) is 7.11 Å². The van der Waals surface area contributed by atoms with Crippen molar-refractivity contribution in [2.24, 2.45) is 0 Å². The van der Waals surface area contributed by atoms with Crippen molar-refractivity contribution < 1.29 is 14.2 Å². The van der Waals surface area contributed by atoms with E-state index in [1.165, 1.54) is 0 Å². The van der Waals surface area contributed by atoms with Crippen molar-refractivity contribution >= 4 is 45.5 Å². The Labute approximate surface area is 209 Å². The minimum absolute atomic E-state index is 0.215. The molecule has 10 nitrogen and oxygen atoms in total. The fourth-order valence-electron chi connectivity index (χ4n) is 4.76. The van der Waals surface area contributed by atoms with Gasteiger partial charge in [-0.1, -0.05) is 12.1 Å². The number of para-hydroxylation sites is 2. The van der Waals surface area contributed by atoms with Gasteiger partial charge in [0.2, 0.25) is 5.95 Å². The number of methoxy groups -OCH3 is 1. The highest BCUT2D eigenvalue weighted by Crippen LogP contribution is 2.43. The highest BCUT2D eigenvalue weighted by Gasteiger charge is 2.31. The molecule has 0 aliphatic carbocycles. The van der Waals surface area contributed by atoms with Gasteiger partial charge in [0.15, 0.2) is 0 Å². The van der Waals surface area contributed by atoms with Gasteiger partial charge in [0.05, 0.1) is 54.5 Å². The van der Waals surface area contributed by atoms with Crippen LogP contribution in [-0.2, 0) is 4.74 Å². The van der Waals surface area contributed by atoms with Gasteiger partial charge in [-0.25, -0.2) is 0 Å². The van der Waals surface area contributed by atoms with E-state index in [0.717, 1.165) is 46.1 Å². The molecule has 2 aliphatic heterocycles. The van der Waals surface area contributed by atoms with Crippen LogP contribution >= 0.6 is 0 Å². The van der Waals surface area contributed by atoms with Crippen LogP contribution in [0.3, 0.4) is 0 Å². The normalized spacial score (nSPS) is 16.6. The van der Waals surface area contributed by atoms with E-state index >= 15 is 0 Å². The Morgan fingerprint density at radius 3 is 2.83 bits per heavy atom. The first-order valence-corrected chi connectivity index (χ1v) is 12.0. The lowest BCUT2D eigenvalue weighted by Gasteiger charge is -2.41. The first kappa shape index (κ1) is 22.3. The average molecular weight is 488 g/mol. The van der Waals surface area contributed by atoms with Crippen molar-refractivity contribution in [3.8, 4) is 11.5 Å². The molecule has 0 unspecified atom stereocenters. The Morgan fingerprint density at radius 2 is 1.97 bits per heavy atom. The number of rotatable bonds is 6. The van der Waals surface area contributed by atoms with Gasteiger partial charge < -0.3 is 39.6 Å². The number of ether oxygens (including phenoxy) is 3. The molecule has 186 valence electrons. The number of hydrogen-bond donors (Lipinski definition) is 3. The van der Waals surface area contributed by atoms with Crippen LogP contribution in [0, 0.1) is 0 Å². The van der Waals surface area contributed by atoms with Gasteiger partial charge in [-0.15, -0.1) is 0 Å². The van der Waals surface area contributed by atoms with Crippen molar-refractivity contribution in [3.63, 3.8) is 0 Å². The second kappa shape index (κ2) is 9.12. The molecular formula is C26H29N7O3. The number of morpholine rings is 1. The summed E-state index contributed by atoms with van der Waals surface area (Å²) in [4.78, 5) is 17.1. The lowest BCUT2D eigenvalue weighted by molar-refractivity contribution is 0.0705. The third-order valence-corrected chi connectivity index (χ3v) is 6.55. The maximum absolute atomic E-state index is 6.09. The Bertz CT molecular complexity index is 1400. The molecule has 1 atom stereocenters. The molecule has 0 saturated carbocycles. The van der Waals surface area contributed by atoms with Crippen molar-refractivity contribution in [2.45, 2.75) is 6.04 Å².